The van der Waals surface area contributed by atoms with E-state index in [4.69, 9.17) is 9.47 Å². The Bertz CT molecular complexity index is 1040. The van der Waals surface area contributed by atoms with Crippen LogP contribution in [0.2, 0.25) is 0 Å². The molecule has 9 heteroatoms. The van der Waals surface area contributed by atoms with Gasteiger partial charge in [-0.2, -0.15) is 0 Å². The number of sulfonamides is 1. The second-order valence-electron chi connectivity index (χ2n) is 8.66. The Morgan fingerprint density at radius 3 is 2.38 bits per heavy atom. The molecule has 2 saturated heterocycles. The lowest BCUT2D eigenvalue weighted by atomic mass is 10.1. The van der Waals surface area contributed by atoms with Gasteiger partial charge < -0.3 is 14.4 Å². The molecule has 1 atom stereocenters. The highest BCUT2D eigenvalue weighted by Crippen LogP contribution is 2.17. The van der Waals surface area contributed by atoms with Crippen LogP contribution in [0.3, 0.4) is 0 Å². The third-order valence-corrected chi connectivity index (χ3v) is 7.68. The number of carbonyl (C=O) groups is 1. The van der Waals surface area contributed by atoms with Crippen molar-refractivity contribution < 1.29 is 22.7 Å². The third-order valence-electron chi connectivity index (χ3n) is 6.24. The summed E-state index contributed by atoms with van der Waals surface area (Å²) in [6.45, 7) is 7.26. The predicted molar refractivity (Wildman–Crippen MR) is 129 cm³/mol. The minimum Gasteiger partial charge on any atom is -0.494 e. The Hall–Kier alpha value is -2.46. The Kier molecular flexibility index (Phi) is 8.20. The molecule has 2 aromatic rings. The first-order chi connectivity index (χ1) is 16.4. The Labute approximate surface area is 201 Å². The molecular weight excluding hydrogens is 454 g/mol. The molecule has 2 aromatic carbocycles. The van der Waals surface area contributed by atoms with Crippen LogP contribution in [-0.4, -0.2) is 76.2 Å². The molecule has 34 heavy (non-hydrogen) atoms. The number of benzene rings is 2. The summed E-state index contributed by atoms with van der Waals surface area (Å²) in [5.41, 5.74) is 1.71. The number of carbonyl (C=O) groups excluding carboxylic acids is 1. The van der Waals surface area contributed by atoms with E-state index in [-0.39, 0.29) is 23.5 Å². The van der Waals surface area contributed by atoms with Gasteiger partial charge >= 0.3 is 0 Å². The summed E-state index contributed by atoms with van der Waals surface area (Å²) in [6.07, 6.45) is 1.76. The quantitative estimate of drug-likeness (QED) is 0.585. The van der Waals surface area contributed by atoms with Gasteiger partial charge in [0.05, 0.1) is 17.6 Å². The van der Waals surface area contributed by atoms with E-state index in [9.17, 15) is 13.2 Å². The number of ether oxygens (including phenoxy) is 2. The predicted octanol–water partition coefficient (Wildman–Crippen LogP) is 2.50. The second kappa shape index (κ2) is 11.3. The van der Waals surface area contributed by atoms with Crippen molar-refractivity contribution in [2.24, 2.45) is 0 Å². The van der Waals surface area contributed by atoms with Crippen LogP contribution in [0.25, 0.3) is 0 Å². The number of piperazine rings is 1. The van der Waals surface area contributed by atoms with Crippen molar-refractivity contribution in [3.05, 3.63) is 59.7 Å². The van der Waals surface area contributed by atoms with Crippen LogP contribution in [0.5, 0.6) is 5.75 Å². The zero-order chi connectivity index (χ0) is 24.0. The maximum atomic E-state index is 12.9. The fraction of sp³-hybridized carbons (Fsp3) is 0.480. The molecule has 0 bridgehead atoms. The van der Waals surface area contributed by atoms with Crippen LogP contribution >= 0.6 is 0 Å². The second-order valence-corrected chi connectivity index (χ2v) is 10.4. The molecule has 0 saturated carbocycles. The minimum absolute atomic E-state index is 0.0660. The fourth-order valence-electron chi connectivity index (χ4n) is 4.28. The topological polar surface area (TPSA) is 88.2 Å². The number of hydrogen-bond donors (Lipinski definition) is 1. The monoisotopic (exact) mass is 487 g/mol. The van der Waals surface area contributed by atoms with Gasteiger partial charge in [0.25, 0.3) is 5.91 Å². The van der Waals surface area contributed by atoms with E-state index in [0.717, 1.165) is 38.2 Å². The van der Waals surface area contributed by atoms with Gasteiger partial charge in [-0.1, -0.05) is 12.1 Å². The van der Waals surface area contributed by atoms with Gasteiger partial charge in [-0.05, 0) is 61.7 Å². The smallest absolute Gasteiger partial charge is 0.253 e. The van der Waals surface area contributed by atoms with Gasteiger partial charge in [0.15, 0.2) is 0 Å². The maximum Gasteiger partial charge on any atom is 0.253 e. The SMILES string of the molecule is CCOc1ccc(CN2CCN(C(=O)c3ccc(S(=O)(=O)NC[C@@H]4CCCO4)cc3)CC2)cc1. The van der Waals surface area contributed by atoms with Crippen molar-refractivity contribution in [2.45, 2.75) is 37.3 Å². The minimum atomic E-state index is -3.63. The van der Waals surface area contributed by atoms with E-state index in [0.29, 0.717) is 31.9 Å². The summed E-state index contributed by atoms with van der Waals surface area (Å²) in [4.78, 5) is 17.2. The van der Waals surface area contributed by atoms with Crippen LogP contribution in [0, 0.1) is 0 Å². The lowest BCUT2D eigenvalue weighted by Crippen LogP contribution is -2.48. The zero-order valence-corrected chi connectivity index (χ0v) is 20.4. The molecule has 0 unspecified atom stereocenters. The van der Waals surface area contributed by atoms with E-state index >= 15 is 0 Å². The normalized spacial score (nSPS) is 19.3. The molecular formula is C25H33N3O5S. The highest BCUT2D eigenvalue weighted by atomic mass is 32.2. The molecule has 0 spiro atoms. The number of nitrogens with zero attached hydrogens (tertiary/aromatic N) is 2. The van der Waals surface area contributed by atoms with Crippen molar-refractivity contribution in [1.29, 1.82) is 0 Å². The molecule has 1 amide bonds. The van der Waals surface area contributed by atoms with Crippen molar-refractivity contribution >= 4 is 15.9 Å². The lowest BCUT2D eigenvalue weighted by Gasteiger charge is -2.34. The van der Waals surface area contributed by atoms with Gasteiger partial charge in [-0.3, -0.25) is 9.69 Å². The van der Waals surface area contributed by atoms with Crippen molar-refractivity contribution in [3.63, 3.8) is 0 Å². The molecule has 1 N–H and O–H groups in total. The Morgan fingerprint density at radius 1 is 1.06 bits per heavy atom. The Morgan fingerprint density at radius 2 is 1.76 bits per heavy atom. The largest absolute Gasteiger partial charge is 0.494 e. The number of rotatable bonds is 9. The van der Waals surface area contributed by atoms with Crippen LogP contribution < -0.4 is 9.46 Å². The first-order valence-corrected chi connectivity index (χ1v) is 13.4. The first kappa shape index (κ1) is 24.7. The molecule has 184 valence electrons. The van der Waals surface area contributed by atoms with Gasteiger partial charge in [0.1, 0.15) is 5.75 Å². The molecule has 2 aliphatic rings. The average Bonchev–Trinajstić information content (AvgIpc) is 3.38. The summed E-state index contributed by atoms with van der Waals surface area (Å²) < 4.78 is 38.6. The van der Waals surface area contributed by atoms with Crippen LogP contribution in [0.15, 0.2) is 53.4 Å². The fourth-order valence-corrected chi connectivity index (χ4v) is 5.34. The van der Waals surface area contributed by atoms with E-state index in [2.05, 4.69) is 21.8 Å². The van der Waals surface area contributed by atoms with E-state index in [1.54, 1.807) is 12.1 Å². The molecule has 2 heterocycles. The van der Waals surface area contributed by atoms with E-state index in [1.807, 2.05) is 24.0 Å². The zero-order valence-electron chi connectivity index (χ0n) is 19.6. The molecule has 0 aromatic heterocycles. The highest BCUT2D eigenvalue weighted by molar-refractivity contribution is 7.89. The molecule has 8 nitrogen and oxygen atoms in total. The molecule has 0 radical (unpaired) electrons. The standard InChI is InChI=1S/C25H33N3O5S/c1-2-32-22-9-5-20(6-10-22)19-27-13-15-28(16-14-27)25(29)21-7-11-24(12-8-21)34(30,31)26-18-23-4-3-17-33-23/h5-12,23,26H,2-4,13-19H2,1H3/t23-/m0/s1. The van der Waals surface area contributed by atoms with Crippen LogP contribution in [0.4, 0.5) is 0 Å². The summed E-state index contributed by atoms with van der Waals surface area (Å²) in [7, 11) is -3.63. The van der Waals surface area contributed by atoms with Crippen molar-refractivity contribution in [2.75, 3.05) is 45.9 Å². The maximum absolute atomic E-state index is 12.9. The molecule has 4 rings (SSSR count). The lowest BCUT2D eigenvalue weighted by molar-refractivity contribution is 0.0628. The van der Waals surface area contributed by atoms with Crippen molar-refractivity contribution in [1.82, 2.24) is 14.5 Å². The summed E-state index contributed by atoms with van der Waals surface area (Å²) in [5, 5.41) is 0. The van der Waals surface area contributed by atoms with Crippen molar-refractivity contribution in [3.8, 4) is 5.75 Å². The summed E-state index contributed by atoms with van der Waals surface area (Å²) in [6, 6.07) is 14.3. The molecule has 2 fully saturated rings. The molecule has 0 aliphatic carbocycles. The van der Waals surface area contributed by atoms with E-state index < -0.39 is 10.0 Å². The number of amides is 1. The van der Waals surface area contributed by atoms with E-state index in [1.165, 1.54) is 17.7 Å². The van der Waals surface area contributed by atoms with Gasteiger partial charge in [0.2, 0.25) is 10.0 Å². The Balaban J connectivity index is 1.27. The van der Waals surface area contributed by atoms with Crippen LogP contribution in [0.1, 0.15) is 35.7 Å². The summed E-state index contributed by atoms with van der Waals surface area (Å²) in [5.74, 6) is 0.802. The molecule has 2 aliphatic heterocycles. The van der Waals surface area contributed by atoms with Crippen LogP contribution in [-0.2, 0) is 21.3 Å². The van der Waals surface area contributed by atoms with Gasteiger partial charge in [-0.15, -0.1) is 0 Å². The average molecular weight is 488 g/mol. The number of hydrogen-bond acceptors (Lipinski definition) is 6. The first-order valence-electron chi connectivity index (χ1n) is 11.9. The third kappa shape index (κ3) is 6.35. The summed E-state index contributed by atoms with van der Waals surface area (Å²) >= 11 is 0. The highest BCUT2D eigenvalue weighted by Gasteiger charge is 2.24. The van der Waals surface area contributed by atoms with Gasteiger partial charge in [0, 0.05) is 51.4 Å². The van der Waals surface area contributed by atoms with Gasteiger partial charge in [-0.25, -0.2) is 13.1 Å². The number of nitrogens with one attached hydrogen (secondary N) is 1.